The first kappa shape index (κ1) is 20.2. The Morgan fingerprint density at radius 3 is 2.56 bits per heavy atom. The van der Waals surface area contributed by atoms with E-state index in [0.717, 1.165) is 40.1 Å². The zero-order chi connectivity index (χ0) is 22.2. The van der Waals surface area contributed by atoms with E-state index in [1.54, 1.807) is 13.2 Å². The summed E-state index contributed by atoms with van der Waals surface area (Å²) in [5.41, 5.74) is 5.23. The van der Waals surface area contributed by atoms with Gasteiger partial charge >= 0.3 is 0 Å². The zero-order valence-corrected chi connectivity index (χ0v) is 18.4. The Balaban J connectivity index is 1.65. The van der Waals surface area contributed by atoms with Gasteiger partial charge in [-0.15, -0.1) is 0 Å². The molecule has 0 amide bonds. The molecule has 5 rings (SSSR count). The average molecular weight is 425 g/mol. The zero-order valence-electron chi connectivity index (χ0n) is 18.4. The molecule has 5 heteroatoms. The van der Waals surface area contributed by atoms with Crippen molar-refractivity contribution in [3.05, 3.63) is 83.2 Å². The van der Waals surface area contributed by atoms with Crippen molar-refractivity contribution in [3.63, 3.8) is 0 Å². The van der Waals surface area contributed by atoms with Crippen LogP contribution in [0.2, 0.25) is 0 Å². The second-order valence-corrected chi connectivity index (χ2v) is 8.31. The third-order valence-electron chi connectivity index (χ3n) is 5.91. The van der Waals surface area contributed by atoms with Crippen LogP contribution in [0.4, 0.5) is 0 Å². The molecule has 0 unspecified atom stereocenters. The fourth-order valence-electron chi connectivity index (χ4n) is 4.04. The topological polar surface area (TPSA) is 61.3 Å². The molecular formula is C27H24N2O3. The summed E-state index contributed by atoms with van der Waals surface area (Å²) in [6.45, 7) is 4.98. The van der Waals surface area contributed by atoms with Crippen molar-refractivity contribution in [1.82, 2.24) is 9.97 Å². The lowest BCUT2D eigenvalue weighted by Crippen LogP contribution is -2.09. The van der Waals surface area contributed by atoms with Gasteiger partial charge in [0.25, 0.3) is 0 Å². The highest BCUT2D eigenvalue weighted by molar-refractivity contribution is 6.08. The summed E-state index contributed by atoms with van der Waals surface area (Å²) >= 11 is 0. The highest BCUT2D eigenvalue weighted by atomic mass is 16.5. The average Bonchev–Trinajstić information content (AvgIpc) is 3.30. The van der Waals surface area contributed by atoms with Gasteiger partial charge in [-0.25, -0.2) is 9.97 Å². The van der Waals surface area contributed by atoms with Crippen LogP contribution in [0.1, 0.15) is 47.1 Å². The Kier molecular flexibility index (Phi) is 5.10. The van der Waals surface area contributed by atoms with E-state index in [1.165, 1.54) is 5.56 Å². The van der Waals surface area contributed by atoms with Crippen LogP contribution in [0.15, 0.2) is 60.7 Å². The number of methoxy groups -OCH3 is 1. The maximum Gasteiger partial charge on any atom is 0.230 e. The molecule has 0 aliphatic carbocycles. The molecule has 1 aliphatic rings. The van der Waals surface area contributed by atoms with Crippen LogP contribution >= 0.6 is 0 Å². The minimum absolute atomic E-state index is 0.185. The lowest BCUT2D eigenvalue weighted by atomic mass is 9.99. The van der Waals surface area contributed by atoms with Gasteiger partial charge in [0.15, 0.2) is 0 Å². The predicted molar refractivity (Wildman–Crippen MR) is 125 cm³/mol. The number of hydrogen-bond donors (Lipinski definition) is 0. The largest absolute Gasteiger partial charge is 0.497 e. The predicted octanol–water partition coefficient (Wildman–Crippen LogP) is 5.59. The van der Waals surface area contributed by atoms with Crippen molar-refractivity contribution in [1.29, 1.82) is 0 Å². The second-order valence-electron chi connectivity index (χ2n) is 8.31. The monoisotopic (exact) mass is 424 g/mol. The smallest absolute Gasteiger partial charge is 0.230 e. The molecule has 0 saturated heterocycles. The molecule has 0 fully saturated rings. The number of aromatic nitrogens is 2. The molecule has 0 saturated carbocycles. The summed E-state index contributed by atoms with van der Waals surface area (Å²) in [6.07, 6.45) is 0.808. The number of carbonyl (C=O) groups is 1. The first-order valence-corrected chi connectivity index (χ1v) is 10.8. The van der Waals surface area contributed by atoms with Gasteiger partial charge in [0.05, 0.1) is 24.9 Å². The number of rotatable bonds is 5. The Hall–Kier alpha value is -3.73. The van der Waals surface area contributed by atoms with Gasteiger partial charge in [-0.3, -0.25) is 4.79 Å². The van der Waals surface area contributed by atoms with Gasteiger partial charge in [0, 0.05) is 22.9 Å². The molecule has 0 spiro atoms. The third-order valence-corrected chi connectivity index (χ3v) is 5.91. The molecule has 0 N–H and O–H groups in total. The van der Waals surface area contributed by atoms with E-state index in [4.69, 9.17) is 14.5 Å². The molecule has 0 atom stereocenters. The van der Waals surface area contributed by atoms with Crippen LogP contribution in [0.3, 0.4) is 0 Å². The summed E-state index contributed by atoms with van der Waals surface area (Å²) in [5, 5.41) is 0.848. The number of ketones is 1. The number of benzene rings is 3. The van der Waals surface area contributed by atoms with Gasteiger partial charge in [0.2, 0.25) is 11.6 Å². The van der Waals surface area contributed by atoms with Crippen molar-refractivity contribution in [2.45, 2.75) is 26.2 Å². The molecule has 0 bridgehead atoms. The normalized spacial score (nSPS) is 12.6. The number of carbonyl (C=O) groups excluding carboxylic acids is 1. The summed E-state index contributed by atoms with van der Waals surface area (Å²) in [5.74, 6) is 1.99. The molecule has 5 nitrogen and oxygen atoms in total. The molecule has 3 aromatic carbocycles. The second kappa shape index (κ2) is 8.08. The molecule has 2 heterocycles. The molecular weight excluding hydrogens is 400 g/mol. The minimum atomic E-state index is -0.197. The maximum absolute atomic E-state index is 13.3. The van der Waals surface area contributed by atoms with Crippen molar-refractivity contribution in [2.24, 2.45) is 0 Å². The quantitative estimate of drug-likeness (QED) is 0.391. The van der Waals surface area contributed by atoms with Crippen LogP contribution in [0.25, 0.3) is 22.2 Å². The third kappa shape index (κ3) is 3.60. The number of hydrogen-bond acceptors (Lipinski definition) is 5. The number of ether oxygens (including phenoxy) is 2. The van der Waals surface area contributed by atoms with E-state index < -0.39 is 0 Å². The Morgan fingerprint density at radius 2 is 1.81 bits per heavy atom. The highest BCUT2D eigenvalue weighted by Gasteiger charge is 2.20. The molecule has 4 aromatic rings. The highest BCUT2D eigenvalue weighted by Crippen LogP contribution is 2.31. The van der Waals surface area contributed by atoms with Gasteiger partial charge in [0.1, 0.15) is 11.5 Å². The Labute approximate surface area is 187 Å². The Bertz CT molecular complexity index is 1330. The van der Waals surface area contributed by atoms with Gasteiger partial charge in [-0.1, -0.05) is 38.1 Å². The Morgan fingerprint density at radius 1 is 1.00 bits per heavy atom. The van der Waals surface area contributed by atoms with Crippen LogP contribution in [-0.2, 0) is 6.42 Å². The van der Waals surface area contributed by atoms with E-state index in [1.807, 2.05) is 30.3 Å². The van der Waals surface area contributed by atoms with Crippen LogP contribution < -0.4 is 9.47 Å². The van der Waals surface area contributed by atoms with E-state index in [2.05, 4.69) is 43.1 Å². The maximum atomic E-state index is 13.3. The van der Waals surface area contributed by atoms with Gasteiger partial charge in [-0.2, -0.15) is 0 Å². The minimum Gasteiger partial charge on any atom is -0.497 e. The van der Waals surface area contributed by atoms with E-state index >= 15 is 0 Å². The van der Waals surface area contributed by atoms with Gasteiger partial charge < -0.3 is 9.47 Å². The fourth-order valence-corrected chi connectivity index (χ4v) is 4.04. The summed E-state index contributed by atoms with van der Waals surface area (Å²) in [6, 6.07) is 19.5. The fraction of sp³-hybridized carbons (Fsp3) is 0.222. The SMILES string of the molecule is COc1ccc2nc(C(=O)c3ccc4c(c3)CCO4)nc(-c3ccc(C(C)C)cc3)c2c1. The van der Waals surface area contributed by atoms with Gasteiger partial charge in [-0.05, 0) is 53.4 Å². The summed E-state index contributed by atoms with van der Waals surface area (Å²) < 4.78 is 11.0. The molecule has 32 heavy (non-hydrogen) atoms. The van der Waals surface area contributed by atoms with E-state index in [-0.39, 0.29) is 11.6 Å². The van der Waals surface area contributed by atoms with Crippen LogP contribution in [0, 0.1) is 0 Å². The van der Waals surface area contributed by atoms with E-state index in [9.17, 15) is 4.79 Å². The van der Waals surface area contributed by atoms with E-state index in [0.29, 0.717) is 23.6 Å². The lowest BCUT2D eigenvalue weighted by Gasteiger charge is -2.12. The first-order chi connectivity index (χ1) is 15.5. The summed E-state index contributed by atoms with van der Waals surface area (Å²) in [7, 11) is 1.63. The van der Waals surface area contributed by atoms with Crippen LogP contribution in [-0.4, -0.2) is 29.5 Å². The summed E-state index contributed by atoms with van der Waals surface area (Å²) in [4.78, 5) is 22.7. The number of fused-ring (bicyclic) bond motifs is 2. The molecule has 0 radical (unpaired) electrons. The van der Waals surface area contributed by atoms with Crippen molar-refractivity contribution < 1.29 is 14.3 Å². The lowest BCUT2D eigenvalue weighted by molar-refractivity contribution is 0.102. The van der Waals surface area contributed by atoms with Crippen LogP contribution in [0.5, 0.6) is 11.5 Å². The van der Waals surface area contributed by atoms with Crippen molar-refractivity contribution >= 4 is 16.7 Å². The molecule has 160 valence electrons. The van der Waals surface area contributed by atoms with Crippen molar-refractivity contribution in [3.8, 4) is 22.8 Å². The molecule has 1 aliphatic heterocycles. The molecule has 1 aromatic heterocycles. The first-order valence-electron chi connectivity index (χ1n) is 10.8. The standard InChI is InChI=1S/C27H24N2O3/c1-16(2)17-4-6-18(7-5-17)25-22-15-21(31-3)9-10-23(22)28-27(29-25)26(30)20-8-11-24-19(14-20)12-13-32-24/h4-11,14-16H,12-13H2,1-3H3. The number of nitrogens with zero attached hydrogens (tertiary/aromatic N) is 2. The van der Waals surface area contributed by atoms with Crippen molar-refractivity contribution in [2.75, 3.05) is 13.7 Å².